The van der Waals surface area contributed by atoms with Crippen molar-refractivity contribution in [2.24, 2.45) is 5.14 Å². The van der Waals surface area contributed by atoms with E-state index in [1.54, 1.807) is 36.4 Å². The van der Waals surface area contributed by atoms with Gasteiger partial charge in [-0.15, -0.1) is 0 Å². The second-order valence-corrected chi connectivity index (χ2v) is 7.10. The third-order valence-corrected chi connectivity index (χ3v) is 4.41. The number of carbonyl (C=O) groups excluding carboxylic acids is 1. The first-order valence-corrected chi connectivity index (χ1v) is 8.99. The number of hydrogen-bond donors (Lipinski definition) is 3. The molecular weight excluding hydrogens is 346 g/mol. The molecule has 0 aliphatic rings. The van der Waals surface area contributed by atoms with Gasteiger partial charge in [0.2, 0.25) is 10.0 Å². The van der Waals surface area contributed by atoms with E-state index in [9.17, 15) is 13.2 Å². The minimum Gasteiger partial charge on any atom is -0.358 e. The number of thiocarbonyl (C=S) groups is 1. The first-order valence-electron chi connectivity index (χ1n) is 7.03. The molecule has 0 aliphatic heterocycles. The number of benzene rings is 2. The molecule has 0 spiro atoms. The molecule has 0 radical (unpaired) electrons. The molecule has 4 N–H and O–H groups in total. The number of ketones is 1. The molecule has 6 nitrogen and oxygen atoms in total. The number of carbonyl (C=O) groups is 1. The fraction of sp³-hybridized carbons (Fsp3) is 0.125. The SMILES string of the molecule is CC(=O)c1cccc(NC(=S)NCc2ccc(S(N)(=O)=O)cc2)c1. The van der Waals surface area contributed by atoms with Gasteiger partial charge in [0.15, 0.2) is 10.9 Å². The van der Waals surface area contributed by atoms with Crippen LogP contribution in [-0.4, -0.2) is 19.3 Å². The lowest BCUT2D eigenvalue weighted by atomic mass is 10.1. The minimum atomic E-state index is -3.69. The van der Waals surface area contributed by atoms with Crippen molar-refractivity contribution in [1.82, 2.24) is 5.32 Å². The van der Waals surface area contributed by atoms with E-state index in [1.165, 1.54) is 19.1 Å². The lowest BCUT2D eigenvalue weighted by Gasteiger charge is -2.11. The Labute approximate surface area is 146 Å². The van der Waals surface area contributed by atoms with Crippen LogP contribution in [0, 0.1) is 0 Å². The highest BCUT2D eigenvalue weighted by Gasteiger charge is 2.07. The first kappa shape index (κ1) is 18.1. The molecule has 0 amide bonds. The molecule has 8 heteroatoms. The third-order valence-electron chi connectivity index (χ3n) is 3.23. The van der Waals surface area contributed by atoms with Gasteiger partial charge in [-0.3, -0.25) is 4.79 Å². The smallest absolute Gasteiger partial charge is 0.238 e. The van der Waals surface area contributed by atoms with Crippen LogP contribution >= 0.6 is 12.2 Å². The van der Waals surface area contributed by atoms with Gasteiger partial charge < -0.3 is 10.6 Å². The summed E-state index contributed by atoms with van der Waals surface area (Å²) >= 11 is 5.21. The monoisotopic (exact) mass is 363 g/mol. The lowest BCUT2D eigenvalue weighted by Crippen LogP contribution is -2.28. The molecule has 0 fully saturated rings. The summed E-state index contributed by atoms with van der Waals surface area (Å²) in [7, 11) is -3.69. The molecule has 2 aromatic rings. The van der Waals surface area contributed by atoms with Crippen molar-refractivity contribution in [2.45, 2.75) is 18.4 Å². The number of nitrogens with one attached hydrogen (secondary N) is 2. The van der Waals surface area contributed by atoms with Crippen molar-refractivity contribution in [3.05, 3.63) is 59.7 Å². The molecule has 24 heavy (non-hydrogen) atoms. The van der Waals surface area contributed by atoms with E-state index in [0.717, 1.165) is 5.56 Å². The van der Waals surface area contributed by atoms with E-state index < -0.39 is 10.0 Å². The Hall–Kier alpha value is -2.29. The van der Waals surface area contributed by atoms with E-state index in [0.29, 0.717) is 22.9 Å². The Morgan fingerprint density at radius 1 is 1.17 bits per heavy atom. The predicted octanol–water partition coefficient (Wildman–Crippen LogP) is 2.02. The summed E-state index contributed by atoms with van der Waals surface area (Å²) in [5, 5.41) is 11.4. The maximum atomic E-state index is 11.4. The van der Waals surface area contributed by atoms with E-state index in [-0.39, 0.29) is 10.7 Å². The first-order chi connectivity index (χ1) is 11.3. The standard InChI is InChI=1S/C16H17N3O3S2/c1-11(20)13-3-2-4-14(9-13)19-16(23)18-10-12-5-7-15(8-6-12)24(17,21)22/h2-9H,10H2,1H3,(H2,17,21,22)(H2,18,19,23). The largest absolute Gasteiger partial charge is 0.358 e. The number of sulfonamides is 1. The highest BCUT2D eigenvalue weighted by atomic mass is 32.2. The topological polar surface area (TPSA) is 101 Å². The van der Waals surface area contributed by atoms with Gasteiger partial charge in [-0.2, -0.15) is 0 Å². The molecule has 0 saturated carbocycles. The van der Waals surface area contributed by atoms with Crippen LogP contribution in [0.5, 0.6) is 0 Å². The number of nitrogens with two attached hydrogens (primary N) is 1. The van der Waals surface area contributed by atoms with Crippen LogP contribution in [0.25, 0.3) is 0 Å². The van der Waals surface area contributed by atoms with Crippen molar-refractivity contribution in [1.29, 1.82) is 0 Å². The van der Waals surface area contributed by atoms with Gasteiger partial charge in [0.05, 0.1) is 4.90 Å². The zero-order valence-corrected chi connectivity index (χ0v) is 14.6. The average Bonchev–Trinajstić information content (AvgIpc) is 2.53. The summed E-state index contributed by atoms with van der Waals surface area (Å²) in [4.78, 5) is 11.4. The summed E-state index contributed by atoms with van der Waals surface area (Å²) in [5.74, 6) is -0.0209. The summed E-state index contributed by atoms with van der Waals surface area (Å²) in [5.41, 5.74) is 2.16. The molecule has 0 unspecified atom stereocenters. The fourth-order valence-electron chi connectivity index (χ4n) is 1.97. The number of anilines is 1. The molecule has 0 aromatic heterocycles. The highest BCUT2D eigenvalue weighted by Crippen LogP contribution is 2.12. The van der Waals surface area contributed by atoms with Crippen LogP contribution in [0.2, 0.25) is 0 Å². The third kappa shape index (κ3) is 5.12. The van der Waals surface area contributed by atoms with Crippen molar-refractivity contribution < 1.29 is 13.2 Å². The van der Waals surface area contributed by atoms with Crippen molar-refractivity contribution in [3.8, 4) is 0 Å². The summed E-state index contributed by atoms with van der Waals surface area (Å²) < 4.78 is 22.4. The fourth-order valence-corrected chi connectivity index (χ4v) is 2.68. The highest BCUT2D eigenvalue weighted by molar-refractivity contribution is 7.89. The van der Waals surface area contributed by atoms with Crippen LogP contribution in [0.1, 0.15) is 22.8 Å². The number of primary sulfonamides is 1. The van der Waals surface area contributed by atoms with Gasteiger partial charge in [0, 0.05) is 17.8 Å². The zero-order chi connectivity index (χ0) is 17.7. The Kier molecular flexibility index (Phi) is 5.66. The van der Waals surface area contributed by atoms with Crippen molar-refractivity contribution >= 4 is 38.8 Å². The second-order valence-electron chi connectivity index (χ2n) is 5.13. The van der Waals surface area contributed by atoms with Gasteiger partial charge in [0.25, 0.3) is 0 Å². The van der Waals surface area contributed by atoms with Crippen molar-refractivity contribution in [3.63, 3.8) is 0 Å². The molecule has 0 heterocycles. The molecular formula is C16H17N3O3S2. The van der Waals surface area contributed by atoms with E-state index in [4.69, 9.17) is 17.4 Å². The maximum Gasteiger partial charge on any atom is 0.238 e. The Morgan fingerprint density at radius 3 is 2.42 bits per heavy atom. The van der Waals surface area contributed by atoms with Crippen LogP contribution in [-0.2, 0) is 16.6 Å². The Bertz CT molecular complexity index is 862. The van der Waals surface area contributed by atoms with Gasteiger partial charge >= 0.3 is 0 Å². The van der Waals surface area contributed by atoms with Crippen molar-refractivity contribution in [2.75, 3.05) is 5.32 Å². The molecule has 0 aliphatic carbocycles. The van der Waals surface area contributed by atoms with Crippen LogP contribution in [0.15, 0.2) is 53.4 Å². The second kappa shape index (κ2) is 7.52. The van der Waals surface area contributed by atoms with E-state index in [2.05, 4.69) is 10.6 Å². The summed E-state index contributed by atoms with van der Waals surface area (Å²) in [6, 6.07) is 13.2. The molecule has 2 rings (SSSR count). The van der Waals surface area contributed by atoms with Gasteiger partial charge in [-0.25, -0.2) is 13.6 Å². The van der Waals surface area contributed by atoms with Gasteiger partial charge in [0.1, 0.15) is 0 Å². The quantitative estimate of drug-likeness (QED) is 0.555. The number of Topliss-reactive ketones (excluding diaryl/α,β-unsaturated/α-hetero) is 1. The Morgan fingerprint density at radius 2 is 1.83 bits per heavy atom. The minimum absolute atomic E-state index is 0.0209. The normalized spacial score (nSPS) is 10.9. The Balaban J connectivity index is 1.94. The molecule has 0 saturated heterocycles. The van der Waals surface area contributed by atoms with E-state index >= 15 is 0 Å². The number of hydrogen-bond acceptors (Lipinski definition) is 4. The van der Waals surface area contributed by atoms with Crippen LogP contribution in [0.4, 0.5) is 5.69 Å². The summed E-state index contributed by atoms with van der Waals surface area (Å²) in [6.45, 7) is 1.92. The lowest BCUT2D eigenvalue weighted by molar-refractivity contribution is 0.101. The predicted molar refractivity (Wildman–Crippen MR) is 97.3 cm³/mol. The zero-order valence-electron chi connectivity index (χ0n) is 12.9. The molecule has 126 valence electrons. The maximum absolute atomic E-state index is 11.4. The van der Waals surface area contributed by atoms with Gasteiger partial charge in [-0.1, -0.05) is 24.3 Å². The molecule has 2 aromatic carbocycles. The van der Waals surface area contributed by atoms with Crippen LogP contribution < -0.4 is 15.8 Å². The summed E-state index contributed by atoms with van der Waals surface area (Å²) in [6.07, 6.45) is 0. The van der Waals surface area contributed by atoms with Gasteiger partial charge in [-0.05, 0) is 49.0 Å². The average molecular weight is 363 g/mol. The van der Waals surface area contributed by atoms with E-state index in [1.807, 2.05) is 0 Å². The molecule has 0 bridgehead atoms. The molecule has 0 atom stereocenters. The van der Waals surface area contributed by atoms with Crippen LogP contribution in [0.3, 0.4) is 0 Å². The number of rotatable bonds is 5.